The molecule has 0 radical (unpaired) electrons. The molecule has 6 nitrogen and oxygen atoms in total. The van der Waals surface area contributed by atoms with E-state index < -0.39 is 0 Å². The lowest BCUT2D eigenvalue weighted by atomic mass is 10.1. The summed E-state index contributed by atoms with van der Waals surface area (Å²) in [4.78, 5) is 29.7. The third-order valence-electron chi connectivity index (χ3n) is 6.01. The molecule has 3 aromatic rings. The molecule has 2 aromatic carbocycles. The molecule has 0 unspecified atom stereocenters. The number of amides is 1. The summed E-state index contributed by atoms with van der Waals surface area (Å²) in [6.45, 7) is 2.88. The first-order valence-electron chi connectivity index (χ1n) is 10.2. The summed E-state index contributed by atoms with van der Waals surface area (Å²) in [6, 6.07) is 16.0. The van der Waals surface area contributed by atoms with Crippen LogP contribution < -0.4 is 10.5 Å². The van der Waals surface area contributed by atoms with Crippen molar-refractivity contribution >= 4 is 22.4 Å². The highest BCUT2D eigenvalue weighted by molar-refractivity contribution is 6.04. The molecule has 29 heavy (non-hydrogen) atoms. The van der Waals surface area contributed by atoms with E-state index in [1.807, 2.05) is 17.0 Å². The van der Waals surface area contributed by atoms with Gasteiger partial charge in [-0.2, -0.15) is 5.10 Å². The number of fused-ring (bicyclic) bond motifs is 1. The number of carbonyl (C=O) groups is 1. The van der Waals surface area contributed by atoms with E-state index in [1.54, 1.807) is 19.2 Å². The normalized spacial score (nSPS) is 17.0. The van der Waals surface area contributed by atoms with Gasteiger partial charge in [-0.25, -0.2) is 4.68 Å². The zero-order chi connectivity index (χ0) is 20.0. The molecule has 1 saturated heterocycles. The second kappa shape index (κ2) is 7.03. The van der Waals surface area contributed by atoms with Crippen LogP contribution in [0.25, 0.3) is 10.8 Å². The van der Waals surface area contributed by atoms with E-state index in [0.717, 1.165) is 19.0 Å². The minimum absolute atomic E-state index is 0.108. The van der Waals surface area contributed by atoms with E-state index in [0.29, 0.717) is 29.6 Å². The summed E-state index contributed by atoms with van der Waals surface area (Å²) in [5.74, 6) is 0.630. The summed E-state index contributed by atoms with van der Waals surface area (Å²) in [5.41, 5.74) is 2.85. The molecule has 1 amide bonds. The number of anilines is 1. The molecule has 1 aliphatic carbocycles. The summed E-state index contributed by atoms with van der Waals surface area (Å²) < 4.78 is 1.26. The molecule has 0 spiro atoms. The Morgan fingerprint density at radius 2 is 1.69 bits per heavy atom. The van der Waals surface area contributed by atoms with Crippen molar-refractivity contribution in [1.29, 1.82) is 0 Å². The van der Waals surface area contributed by atoms with Crippen molar-refractivity contribution in [2.75, 3.05) is 31.1 Å². The van der Waals surface area contributed by atoms with Crippen molar-refractivity contribution < 1.29 is 4.79 Å². The van der Waals surface area contributed by atoms with Gasteiger partial charge in [0.15, 0.2) is 5.69 Å². The van der Waals surface area contributed by atoms with Crippen LogP contribution in [0.5, 0.6) is 0 Å². The van der Waals surface area contributed by atoms with Gasteiger partial charge in [0.2, 0.25) is 0 Å². The molecule has 1 aliphatic heterocycles. The van der Waals surface area contributed by atoms with Crippen molar-refractivity contribution in [2.24, 2.45) is 7.05 Å². The highest BCUT2D eigenvalue weighted by Crippen LogP contribution is 2.41. The maximum absolute atomic E-state index is 13.2. The molecule has 0 atom stereocenters. The van der Waals surface area contributed by atoms with Crippen LogP contribution in [0.2, 0.25) is 0 Å². The Balaban J connectivity index is 1.36. The number of hydrogen-bond donors (Lipinski definition) is 0. The van der Waals surface area contributed by atoms with Gasteiger partial charge in [0.05, 0.1) is 5.39 Å². The van der Waals surface area contributed by atoms with Gasteiger partial charge in [0, 0.05) is 44.3 Å². The minimum Gasteiger partial charge on any atom is -0.368 e. The standard InChI is InChI=1S/C23H24N4O2/c1-25-22(28)20-8-3-2-7-19(20)21(24-25)23(29)27-13-11-26(12-14-27)18-6-4-5-17(15-18)16-9-10-16/h2-8,15-16H,9-14H2,1H3. The summed E-state index contributed by atoms with van der Waals surface area (Å²) >= 11 is 0. The Kier molecular flexibility index (Phi) is 4.34. The highest BCUT2D eigenvalue weighted by atomic mass is 16.2. The van der Waals surface area contributed by atoms with Gasteiger partial charge in [-0.05, 0) is 42.5 Å². The van der Waals surface area contributed by atoms with Crippen LogP contribution in [0.3, 0.4) is 0 Å². The molecule has 1 aromatic heterocycles. The van der Waals surface area contributed by atoms with Gasteiger partial charge in [0.25, 0.3) is 11.5 Å². The smallest absolute Gasteiger partial charge is 0.275 e. The maximum atomic E-state index is 13.2. The number of rotatable bonds is 3. The molecule has 0 bridgehead atoms. The Morgan fingerprint density at radius 3 is 2.41 bits per heavy atom. The summed E-state index contributed by atoms with van der Waals surface area (Å²) in [5, 5.41) is 5.45. The molecule has 2 fully saturated rings. The summed E-state index contributed by atoms with van der Waals surface area (Å²) in [6.07, 6.45) is 2.60. The van der Waals surface area contributed by atoms with Crippen LogP contribution in [-0.2, 0) is 7.05 Å². The minimum atomic E-state index is -0.183. The highest BCUT2D eigenvalue weighted by Gasteiger charge is 2.27. The van der Waals surface area contributed by atoms with Gasteiger partial charge in [-0.3, -0.25) is 9.59 Å². The van der Waals surface area contributed by atoms with E-state index in [9.17, 15) is 9.59 Å². The first kappa shape index (κ1) is 17.9. The monoisotopic (exact) mass is 388 g/mol. The van der Waals surface area contributed by atoms with E-state index in [1.165, 1.54) is 28.8 Å². The van der Waals surface area contributed by atoms with Gasteiger partial charge < -0.3 is 9.80 Å². The van der Waals surface area contributed by atoms with Crippen molar-refractivity contribution in [2.45, 2.75) is 18.8 Å². The van der Waals surface area contributed by atoms with Crippen molar-refractivity contribution in [3.05, 3.63) is 70.1 Å². The Morgan fingerprint density at radius 1 is 0.966 bits per heavy atom. The van der Waals surface area contributed by atoms with E-state index in [2.05, 4.69) is 34.3 Å². The SMILES string of the molecule is Cn1nc(C(=O)N2CCN(c3cccc(C4CC4)c3)CC2)c2ccccc2c1=O. The molecule has 6 heteroatoms. The number of hydrogen-bond acceptors (Lipinski definition) is 4. The van der Waals surface area contributed by atoms with Crippen LogP contribution >= 0.6 is 0 Å². The van der Waals surface area contributed by atoms with Crippen molar-refractivity contribution in [1.82, 2.24) is 14.7 Å². The van der Waals surface area contributed by atoms with Gasteiger partial charge in [-0.15, -0.1) is 0 Å². The lowest BCUT2D eigenvalue weighted by Gasteiger charge is -2.36. The van der Waals surface area contributed by atoms with Crippen LogP contribution in [0, 0.1) is 0 Å². The van der Waals surface area contributed by atoms with Crippen LogP contribution in [-0.4, -0.2) is 46.8 Å². The van der Waals surface area contributed by atoms with Gasteiger partial charge in [0.1, 0.15) is 0 Å². The second-order valence-corrected chi connectivity index (χ2v) is 7.97. The number of piperazine rings is 1. The lowest BCUT2D eigenvalue weighted by Crippen LogP contribution is -2.49. The van der Waals surface area contributed by atoms with Gasteiger partial charge >= 0.3 is 0 Å². The Hall–Kier alpha value is -3.15. The first-order valence-corrected chi connectivity index (χ1v) is 10.2. The van der Waals surface area contributed by atoms with Crippen LogP contribution in [0.4, 0.5) is 5.69 Å². The summed E-state index contributed by atoms with van der Waals surface area (Å²) in [7, 11) is 1.59. The zero-order valence-corrected chi connectivity index (χ0v) is 16.5. The average Bonchev–Trinajstić information content (AvgIpc) is 3.62. The largest absolute Gasteiger partial charge is 0.368 e. The fraction of sp³-hybridized carbons (Fsp3) is 0.348. The first-order chi connectivity index (χ1) is 14.1. The number of aromatic nitrogens is 2. The molecular formula is C23H24N4O2. The molecule has 2 heterocycles. The molecule has 5 rings (SSSR count). The molecular weight excluding hydrogens is 364 g/mol. The number of benzene rings is 2. The number of carbonyl (C=O) groups excluding carboxylic acids is 1. The van der Waals surface area contributed by atoms with E-state index >= 15 is 0 Å². The predicted molar refractivity (Wildman–Crippen MR) is 114 cm³/mol. The average molecular weight is 388 g/mol. The number of aryl methyl sites for hydroxylation is 1. The van der Waals surface area contributed by atoms with E-state index in [4.69, 9.17) is 0 Å². The molecule has 1 saturated carbocycles. The molecule has 0 N–H and O–H groups in total. The third kappa shape index (κ3) is 3.28. The molecule has 2 aliphatic rings. The van der Waals surface area contributed by atoms with Crippen LogP contribution in [0.1, 0.15) is 34.8 Å². The predicted octanol–water partition coefficient (Wildman–Crippen LogP) is 2.77. The quantitative estimate of drug-likeness (QED) is 0.692. The molecule has 148 valence electrons. The third-order valence-corrected chi connectivity index (χ3v) is 6.01. The van der Waals surface area contributed by atoms with Crippen LogP contribution in [0.15, 0.2) is 53.3 Å². The Labute approximate surface area is 169 Å². The van der Waals surface area contributed by atoms with Gasteiger partial charge in [-0.1, -0.05) is 30.3 Å². The maximum Gasteiger partial charge on any atom is 0.275 e. The lowest BCUT2D eigenvalue weighted by molar-refractivity contribution is 0.0740. The fourth-order valence-corrected chi connectivity index (χ4v) is 4.17. The second-order valence-electron chi connectivity index (χ2n) is 7.97. The Bertz CT molecular complexity index is 1140. The zero-order valence-electron chi connectivity index (χ0n) is 16.5. The number of nitrogens with zero attached hydrogens (tertiary/aromatic N) is 4. The topological polar surface area (TPSA) is 58.4 Å². The van der Waals surface area contributed by atoms with E-state index in [-0.39, 0.29) is 11.5 Å². The van der Waals surface area contributed by atoms with Crippen molar-refractivity contribution in [3.8, 4) is 0 Å². The van der Waals surface area contributed by atoms with Crippen molar-refractivity contribution in [3.63, 3.8) is 0 Å². The fourth-order valence-electron chi connectivity index (χ4n) is 4.17.